The van der Waals surface area contributed by atoms with Crippen LogP contribution in [0.5, 0.6) is 5.75 Å². The summed E-state index contributed by atoms with van der Waals surface area (Å²) in [7, 11) is 1.69. The van der Waals surface area contributed by atoms with Crippen molar-refractivity contribution in [2.45, 2.75) is 12.5 Å². The number of hydrazone groups is 1. The largest absolute Gasteiger partial charge is 0.506 e. The maximum atomic E-state index is 13.0. The number of nitrogens with zero attached hydrogens (tertiary/aromatic N) is 3. The SMILES string of the molecule is Cn1c(=O)c(C2=NN(CCO)C(c3ccc(Cl)cc3)C2)c(O)c2ccccc21. The molecule has 0 saturated heterocycles. The van der Waals surface area contributed by atoms with Gasteiger partial charge >= 0.3 is 0 Å². The van der Waals surface area contributed by atoms with Crippen LogP contribution in [0.1, 0.15) is 23.6 Å². The molecule has 3 aromatic rings. The molecule has 4 rings (SSSR count). The van der Waals surface area contributed by atoms with Crippen LogP contribution in [0.15, 0.2) is 58.4 Å². The number of aliphatic hydroxyl groups excluding tert-OH is 1. The first kappa shape index (κ1) is 18.5. The molecule has 0 radical (unpaired) electrons. The fourth-order valence-corrected chi connectivity index (χ4v) is 3.85. The van der Waals surface area contributed by atoms with Crippen molar-refractivity contribution in [3.63, 3.8) is 0 Å². The molecule has 6 nitrogen and oxygen atoms in total. The predicted molar refractivity (Wildman–Crippen MR) is 110 cm³/mol. The minimum Gasteiger partial charge on any atom is -0.506 e. The fraction of sp³-hybridized carbons (Fsp3) is 0.238. The topological polar surface area (TPSA) is 78.1 Å². The number of fused-ring (bicyclic) bond motifs is 1. The molecular formula is C21H20ClN3O3. The Morgan fingerprint density at radius 2 is 1.89 bits per heavy atom. The first-order chi connectivity index (χ1) is 13.5. The summed E-state index contributed by atoms with van der Waals surface area (Å²) in [5.41, 5.74) is 2.07. The van der Waals surface area contributed by atoms with Gasteiger partial charge < -0.3 is 14.8 Å². The summed E-state index contributed by atoms with van der Waals surface area (Å²) in [6, 6.07) is 14.5. The van der Waals surface area contributed by atoms with Crippen LogP contribution in [0, 0.1) is 0 Å². The highest BCUT2D eigenvalue weighted by Crippen LogP contribution is 2.35. The third kappa shape index (κ3) is 3.04. The lowest BCUT2D eigenvalue weighted by molar-refractivity contribution is 0.172. The van der Waals surface area contributed by atoms with Gasteiger partial charge in [-0.25, -0.2) is 0 Å². The Morgan fingerprint density at radius 1 is 1.18 bits per heavy atom. The number of hydrogen-bond acceptors (Lipinski definition) is 5. The molecule has 2 aromatic carbocycles. The molecule has 1 atom stereocenters. The Labute approximate surface area is 166 Å². The van der Waals surface area contributed by atoms with E-state index in [0.29, 0.717) is 34.6 Å². The van der Waals surface area contributed by atoms with Gasteiger partial charge in [0.15, 0.2) is 0 Å². The molecule has 1 aromatic heterocycles. The van der Waals surface area contributed by atoms with E-state index in [1.54, 1.807) is 36.3 Å². The number of halogens is 1. The number of aromatic hydroxyl groups is 1. The van der Waals surface area contributed by atoms with Crippen LogP contribution < -0.4 is 5.56 Å². The molecule has 28 heavy (non-hydrogen) atoms. The van der Waals surface area contributed by atoms with E-state index in [9.17, 15) is 15.0 Å². The average Bonchev–Trinajstić information content (AvgIpc) is 3.11. The highest BCUT2D eigenvalue weighted by atomic mass is 35.5. The summed E-state index contributed by atoms with van der Waals surface area (Å²) in [6.45, 7) is 0.258. The van der Waals surface area contributed by atoms with Gasteiger partial charge in [0.1, 0.15) is 11.3 Å². The second kappa shape index (κ2) is 7.30. The van der Waals surface area contributed by atoms with Gasteiger partial charge in [-0.05, 0) is 29.8 Å². The van der Waals surface area contributed by atoms with Gasteiger partial charge in [-0.2, -0.15) is 5.10 Å². The summed E-state index contributed by atoms with van der Waals surface area (Å²) in [4.78, 5) is 13.0. The third-order valence-electron chi connectivity index (χ3n) is 5.14. The minimum absolute atomic E-state index is 0.0573. The van der Waals surface area contributed by atoms with E-state index in [1.807, 2.05) is 24.3 Å². The number of para-hydroxylation sites is 1. The van der Waals surface area contributed by atoms with Crippen molar-refractivity contribution < 1.29 is 10.2 Å². The minimum atomic E-state index is -0.296. The maximum absolute atomic E-state index is 13.0. The number of rotatable bonds is 4. The van der Waals surface area contributed by atoms with Crippen molar-refractivity contribution in [1.29, 1.82) is 0 Å². The van der Waals surface area contributed by atoms with E-state index >= 15 is 0 Å². The molecule has 0 fully saturated rings. The summed E-state index contributed by atoms with van der Waals surface area (Å²) < 4.78 is 1.53. The van der Waals surface area contributed by atoms with E-state index < -0.39 is 0 Å². The van der Waals surface area contributed by atoms with Crippen LogP contribution in [0.3, 0.4) is 0 Å². The molecule has 0 amide bonds. The van der Waals surface area contributed by atoms with Crippen LogP contribution in [0.25, 0.3) is 10.9 Å². The summed E-state index contributed by atoms with van der Waals surface area (Å²) in [5, 5.41) is 27.9. The highest BCUT2D eigenvalue weighted by Gasteiger charge is 2.32. The van der Waals surface area contributed by atoms with Gasteiger partial charge in [-0.1, -0.05) is 35.9 Å². The number of aliphatic hydroxyl groups is 1. The van der Waals surface area contributed by atoms with Gasteiger partial charge in [0.25, 0.3) is 5.56 Å². The quantitative estimate of drug-likeness (QED) is 0.709. The Hall–Kier alpha value is -2.83. The van der Waals surface area contributed by atoms with Gasteiger partial charge in [0.05, 0.1) is 30.4 Å². The summed E-state index contributed by atoms with van der Waals surface area (Å²) in [5.74, 6) is -0.0573. The number of pyridine rings is 1. The van der Waals surface area contributed by atoms with Crippen LogP contribution in [0.4, 0.5) is 0 Å². The van der Waals surface area contributed by atoms with E-state index in [0.717, 1.165) is 5.56 Å². The first-order valence-electron chi connectivity index (χ1n) is 9.02. The van der Waals surface area contributed by atoms with Crippen LogP contribution >= 0.6 is 11.6 Å². The normalized spacial score (nSPS) is 16.6. The van der Waals surface area contributed by atoms with E-state index in [-0.39, 0.29) is 29.5 Å². The molecule has 7 heteroatoms. The zero-order valence-corrected chi connectivity index (χ0v) is 16.1. The van der Waals surface area contributed by atoms with E-state index in [1.165, 1.54) is 4.57 Å². The second-order valence-corrected chi connectivity index (χ2v) is 7.25. The molecule has 0 saturated carbocycles. The molecule has 2 heterocycles. The van der Waals surface area contributed by atoms with Crippen molar-refractivity contribution in [2.75, 3.05) is 13.2 Å². The Bertz CT molecular complexity index is 1120. The van der Waals surface area contributed by atoms with Crippen molar-refractivity contribution in [3.8, 4) is 5.75 Å². The summed E-state index contributed by atoms with van der Waals surface area (Å²) >= 11 is 6.00. The number of aromatic nitrogens is 1. The van der Waals surface area contributed by atoms with Gasteiger partial charge in [-0.3, -0.25) is 9.80 Å². The van der Waals surface area contributed by atoms with E-state index in [4.69, 9.17) is 11.6 Å². The van der Waals surface area contributed by atoms with Crippen LogP contribution in [-0.4, -0.2) is 38.7 Å². The number of benzene rings is 2. The third-order valence-corrected chi connectivity index (χ3v) is 5.40. The molecule has 0 aliphatic carbocycles. The van der Waals surface area contributed by atoms with Gasteiger partial charge in [-0.15, -0.1) is 0 Å². The smallest absolute Gasteiger partial charge is 0.263 e. The molecule has 1 aliphatic rings. The Balaban J connectivity index is 1.82. The number of aryl methyl sites for hydroxylation is 1. The maximum Gasteiger partial charge on any atom is 0.263 e. The van der Waals surface area contributed by atoms with Crippen molar-refractivity contribution >= 4 is 28.2 Å². The van der Waals surface area contributed by atoms with Crippen LogP contribution in [-0.2, 0) is 7.05 Å². The zero-order valence-electron chi connectivity index (χ0n) is 15.3. The Morgan fingerprint density at radius 3 is 2.61 bits per heavy atom. The molecule has 144 valence electrons. The average molecular weight is 398 g/mol. The Kier molecular flexibility index (Phi) is 4.83. The second-order valence-electron chi connectivity index (χ2n) is 6.81. The molecule has 0 bridgehead atoms. The predicted octanol–water partition coefficient (Wildman–Crippen LogP) is 3.04. The van der Waals surface area contributed by atoms with Gasteiger partial charge in [0, 0.05) is 23.9 Å². The lowest BCUT2D eigenvalue weighted by atomic mass is 9.97. The highest BCUT2D eigenvalue weighted by molar-refractivity contribution is 6.30. The van der Waals surface area contributed by atoms with Gasteiger partial charge in [0.2, 0.25) is 0 Å². The standard InChI is InChI=1S/C21H20ClN3O3/c1-24-17-5-3-2-4-15(17)20(27)19(21(24)28)16-12-18(25(23-16)10-11-26)13-6-8-14(22)9-7-13/h2-9,18,26-27H,10-12H2,1H3. The molecule has 2 N–H and O–H groups in total. The van der Waals surface area contributed by atoms with Crippen LogP contribution in [0.2, 0.25) is 5.02 Å². The number of hydrogen-bond donors (Lipinski definition) is 2. The fourth-order valence-electron chi connectivity index (χ4n) is 3.73. The van der Waals surface area contributed by atoms with Crippen molar-refractivity contribution in [2.24, 2.45) is 12.1 Å². The first-order valence-corrected chi connectivity index (χ1v) is 9.40. The van der Waals surface area contributed by atoms with Crippen molar-refractivity contribution in [1.82, 2.24) is 9.58 Å². The molecule has 0 spiro atoms. The zero-order chi connectivity index (χ0) is 19.8. The molecule has 1 unspecified atom stereocenters. The summed E-state index contributed by atoms with van der Waals surface area (Å²) in [6.07, 6.45) is 0.447. The lowest BCUT2D eigenvalue weighted by Gasteiger charge is -2.23. The van der Waals surface area contributed by atoms with Crippen molar-refractivity contribution in [3.05, 3.63) is 75.0 Å². The van der Waals surface area contributed by atoms with E-state index in [2.05, 4.69) is 5.10 Å². The lowest BCUT2D eigenvalue weighted by Crippen LogP contribution is -2.24. The molecule has 1 aliphatic heterocycles. The number of β-amino-alcohol motifs (C(OH)–C–C–N with tert-alkyl or cyclic N) is 1. The molecular weight excluding hydrogens is 378 g/mol. The monoisotopic (exact) mass is 397 g/mol.